The van der Waals surface area contributed by atoms with Gasteiger partial charge in [-0.1, -0.05) is 12.7 Å². The summed E-state index contributed by atoms with van der Waals surface area (Å²) in [4.78, 5) is 17.2. The van der Waals surface area contributed by atoms with Crippen LogP contribution in [0.4, 0.5) is 0 Å². The minimum absolute atomic E-state index is 0.492. The zero-order valence-electron chi connectivity index (χ0n) is 11.5. The second-order valence-corrected chi connectivity index (χ2v) is 5.12. The second-order valence-electron chi connectivity index (χ2n) is 4.28. The lowest BCUT2D eigenvalue weighted by atomic mass is 10.2. The van der Waals surface area contributed by atoms with Crippen LogP contribution in [0.15, 0.2) is 48.1 Å². The van der Waals surface area contributed by atoms with Crippen molar-refractivity contribution in [3.05, 3.63) is 43.2 Å². The fraction of sp³-hybridized carbons (Fsp3) is 0.133. The number of nitrogens with one attached hydrogen (secondary N) is 1. The van der Waals surface area contributed by atoms with Crippen LogP contribution in [0.3, 0.4) is 0 Å². The first-order chi connectivity index (χ1) is 10.3. The average Bonchev–Trinajstić information content (AvgIpc) is 2.96. The molecule has 0 aliphatic heterocycles. The van der Waals surface area contributed by atoms with E-state index in [-0.39, 0.29) is 0 Å². The standard InChI is InChI=1S/C15H14N4OS/c1-3-8-20-10-4-5-11(12(9-10)21-2)13-18-14-15(19-13)17-7-6-16-14/h3-7,9H,1,8H2,2H3,(H,16,17,18,19). The summed E-state index contributed by atoms with van der Waals surface area (Å²) in [6.07, 6.45) is 7.03. The van der Waals surface area contributed by atoms with Gasteiger partial charge in [-0.05, 0) is 24.5 Å². The number of rotatable bonds is 5. The number of ether oxygens (including phenoxy) is 1. The van der Waals surface area contributed by atoms with Crippen LogP contribution in [0, 0.1) is 0 Å². The molecule has 0 aliphatic carbocycles. The van der Waals surface area contributed by atoms with Crippen molar-refractivity contribution in [1.29, 1.82) is 0 Å². The molecule has 0 unspecified atom stereocenters. The quantitative estimate of drug-likeness (QED) is 0.578. The van der Waals surface area contributed by atoms with Gasteiger partial charge in [-0.15, -0.1) is 11.8 Å². The minimum atomic E-state index is 0.492. The largest absolute Gasteiger partial charge is 0.490 e. The van der Waals surface area contributed by atoms with Gasteiger partial charge in [0.15, 0.2) is 11.3 Å². The number of hydrogen-bond donors (Lipinski definition) is 1. The predicted molar refractivity (Wildman–Crippen MR) is 84.6 cm³/mol. The van der Waals surface area contributed by atoms with Crippen LogP contribution in [0.25, 0.3) is 22.7 Å². The van der Waals surface area contributed by atoms with Gasteiger partial charge in [-0.3, -0.25) is 0 Å². The number of benzene rings is 1. The van der Waals surface area contributed by atoms with Crippen molar-refractivity contribution in [3.8, 4) is 17.1 Å². The Morgan fingerprint density at radius 1 is 1.33 bits per heavy atom. The van der Waals surface area contributed by atoms with Crippen molar-refractivity contribution in [1.82, 2.24) is 19.9 Å². The summed E-state index contributed by atoms with van der Waals surface area (Å²) in [5.41, 5.74) is 2.31. The number of aromatic amines is 1. The van der Waals surface area contributed by atoms with Crippen LogP contribution in [-0.2, 0) is 0 Å². The maximum atomic E-state index is 5.56. The molecule has 2 aromatic heterocycles. The van der Waals surface area contributed by atoms with Gasteiger partial charge >= 0.3 is 0 Å². The number of imidazole rings is 1. The first kappa shape index (κ1) is 13.6. The highest BCUT2D eigenvalue weighted by molar-refractivity contribution is 7.98. The molecule has 1 aromatic carbocycles. The van der Waals surface area contributed by atoms with Crippen molar-refractivity contribution in [2.45, 2.75) is 4.90 Å². The maximum absolute atomic E-state index is 5.56. The predicted octanol–water partition coefficient (Wildman–Crippen LogP) is 3.31. The Morgan fingerprint density at radius 2 is 2.19 bits per heavy atom. The molecule has 6 heteroatoms. The molecule has 0 saturated heterocycles. The molecule has 0 atom stereocenters. The highest BCUT2D eigenvalue weighted by Gasteiger charge is 2.11. The molecule has 0 saturated carbocycles. The Hall–Kier alpha value is -2.34. The van der Waals surface area contributed by atoms with Gasteiger partial charge in [-0.25, -0.2) is 15.0 Å². The van der Waals surface area contributed by atoms with E-state index in [1.165, 1.54) is 0 Å². The molecule has 3 rings (SSSR count). The molecular formula is C15H14N4OS. The normalized spacial score (nSPS) is 10.7. The van der Waals surface area contributed by atoms with E-state index in [0.717, 1.165) is 22.0 Å². The molecule has 0 amide bonds. The molecule has 0 aliphatic rings. The number of H-pyrrole nitrogens is 1. The Kier molecular flexibility index (Phi) is 3.87. The Balaban J connectivity index is 2.02. The zero-order valence-corrected chi connectivity index (χ0v) is 12.4. The number of aromatic nitrogens is 4. The van der Waals surface area contributed by atoms with Gasteiger partial charge in [0, 0.05) is 22.9 Å². The fourth-order valence-electron chi connectivity index (χ4n) is 1.99. The first-order valence-electron chi connectivity index (χ1n) is 6.40. The van der Waals surface area contributed by atoms with E-state index in [1.54, 1.807) is 30.2 Å². The SMILES string of the molecule is C=CCOc1ccc(-c2nc3nccnc3[nH]2)c(SC)c1. The number of fused-ring (bicyclic) bond motifs is 1. The van der Waals surface area contributed by atoms with E-state index in [1.807, 2.05) is 24.5 Å². The molecular weight excluding hydrogens is 284 g/mol. The van der Waals surface area contributed by atoms with Gasteiger partial charge in [0.05, 0.1) is 0 Å². The van der Waals surface area contributed by atoms with Crippen molar-refractivity contribution < 1.29 is 4.74 Å². The van der Waals surface area contributed by atoms with Crippen LogP contribution in [-0.4, -0.2) is 32.8 Å². The molecule has 5 nitrogen and oxygen atoms in total. The van der Waals surface area contributed by atoms with Crippen LogP contribution >= 0.6 is 11.8 Å². The Bertz CT molecular complexity index is 751. The Labute approximate surface area is 126 Å². The second kappa shape index (κ2) is 5.97. The van der Waals surface area contributed by atoms with Crippen molar-refractivity contribution >= 4 is 23.1 Å². The summed E-state index contributed by atoms with van der Waals surface area (Å²) in [5.74, 6) is 1.58. The highest BCUT2D eigenvalue weighted by Crippen LogP contribution is 2.32. The molecule has 21 heavy (non-hydrogen) atoms. The molecule has 2 heterocycles. The molecule has 0 radical (unpaired) electrons. The van der Waals surface area contributed by atoms with E-state index in [4.69, 9.17) is 4.74 Å². The summed E-state index contributed by atoms with van der Waals surface area (Å²) < 4.78 is 5.56. The van der Waals surface area contributed by atoms with E-state index in [0.29, 0.717) is 17.9 Å². The van der Waals surface area contributed by atoms with E-state index < -0.39 is 0 Å². The van der Waals surface area contributed by atoms with Crippen LogP contribution in [0.1, 0.15) is 0 Å². The van der Waals surface area contributed by atoms with E-state index in [2.05, 4.69) is 26.5 Å². The van der Waals surface area contributed by atoms with Crippen LogP contribution in [0.2, 0.25) is 0 Å². The van der Waals surface area contributed by atoms with Crippen molar-refractivity contribution in [2.24, 2.45) is 0 Å². The molecule has 106 valence electrons. The van der Waals surface area contributed by atoms with Gasteiger partial charge in [0.1, 0.15) is 18.2 Å². The Morgan fingerprint density at radius 3 is 2.95 bits per heavy atom. The summed E-state index contributed by atoms with van der Waals surface area (Å²) in [7, 11) is 0. The lowest BCUT2D eigenvalue weighted by molar-refractivity contribution is 0.362. The topological polar surface area (TPSA) is 63.7 Å². The fourth-order valence-corrected chi connectivity index (χ4v) is 2.60. The third-order valence-corrected chi connectivity index (χ3v) is 3.71. The summed E-state index contributed by atoms with van der Waals surface area (Å²) in [6.45, 7) is 4.14. The van der Waals surface area contributed by atoms with Gasteiger partial charge in [-0.2, -0.15) is 0 Å². The minimum Gasteiger partial charge on any atom is -0.490 e. The van der Waals surface area contributed by atoms with Crippen molar-refractivity contribution in [3.63, 3.8) is 0 Å². The summed E-state index contributed by atoms with van der Waals surface area (Å²) >= 11 is 1.64. The lowest BCUT2D eigenvalue weighted by Crippen LogP contribution is -1.94. The van der Waals surface area contributed by atoms with E-state index in [9.17, 15) is 0 Å². The van der Waals surface area contributed by atoms with Crippen molar-refractivity contribution in [2.75, 3.05) is 12.9 Å². The monoisotopic (exact) mass is 298 g/mol. The molecule has 3 aromatic rings. The third kappa shape index (κ3) is 2.75. The zero-order chi connectivity index (χ0) is 14.7. The molecule has 0 bridgehead atoms. The summed E-state index contributed by atoms with van der Waals surface area (Å²) in [5, 5.41) is 0. The molecule has 0 spiro atoms. The highest BCUT2D eigenvalue weighted by atomic mass is 32.2. The smallest absolute Gasteiger partial charge is 0.197 e. The van der Waals surface area contributed by atoms with Crippen LogP contribution in [0.5, 0.6) is 5.75 Å². The number of hydrogen-bond acceptors (Lipinski definition) is 5. The maximum Gasteiger partial charge on any atom is 0.197 e. The lowest BCUT2D eigenvalue weighted by Gasteiger charge is -2.08. The number of thioether (sulfide) groups is 1. The molecule has 1 N–H and O–H groups in total. The number of nitrogens with zero attached hydrogens (tertiary/aromatic N) is 3. The van der Waals surface area contributed by atoms with Gasteiger partial charge < -0.3 is 9.72 Å². The van der Waals surface area contributed by atoms with Gasteiger partial charge in [0.25, 0.3) is 0 Å². The molecule has 0 fully saturated rings. The first-order valence-corrected chi connectivity index (χ1v) is 7.63. The average molecular weight is 298 g/mol. The van der Waals surface area contributed by atoms with Gasteiger partial charge in [0.2, 0.25) is 0 Å². The van der Waals surface area contributed by atoms with Crippen LogP contribution < -0.4 is 4.74 Å². The third-order valence-electron chi connectivity index (χ3n) is 2.93. The summed E-state index contributed by atoms with van der Waals surface area (Å²) in [6, 6.07) is 5.91. The van der Waals surface area contributed by atoms with E-state index >= 15 is 0 Å².